The van der Waals surface area contributed by atoms with E-state index in [0.29, 0.717) is 11.7 Å². The third-order valence-corrected chi connectivity index (χ3v) is 4.59. The summed E-state index contributed by atoms with van der Waals surface area (Å²) in [6, 6.07) is 7.59. The lowest BCUT2D eigenvalue weighted by Gasteiger charge is -2.36. The molecule has 2 heterocycles. The number of likely N-dealkylation sites (tertiary alicyclic amines) is 1. The highest BCUT2D eigenvalue weighted by atomic mass is 19.4. The second kappa shape index (κ2) is 7.61. The maximum atomic E-state index is 12.4. The van der Waals surface area contributed by atoms with Gasteiger partial charge in [0.2, 0.25) is 0 Å². The highest BCUT2D eigenvalue weighted by molar-refractivity contribution is 5.56. The van der Waals surface area contributed by atoms with E-state index in [1.807, 2.05) is 0 Å². The molecule has 1 aromatic rings. The van der Waals surface area contributed by atoms with Crippen molar-refractivity contribution < 1.29 is 22.6 Å². The first-order chi connectivity index (χ1) is 11.5. The van der Waals surface area contributed by atoms with E-state index in [2.05, 4.69) is 10.2 Å². The number of para-hydroxylation sites is 2. The van der Waals surface area contributed by atoms with Gasteiger partial charge in [-0.2, -0.15) is 13.2 Å². The Bertz CT molecular complexity index is 525. The van der Waals surface area contributed by atoms with Crippen molar-refractivity contribution in [2.24, 2.45) is 0 Å². The van der Waals surface area contributed by atoms with Crippen molar-refractivity contribution in [2.45, 2.75) is 37.5 Å². The number of nitrogens with zero attached hydrogens (tertiary/aromatic N) is 1. The van der Waals surface area contributed by atoms with Gasteiger partial charge in [-0.25, -0.2) is 0 Å². The van der Waals surface area contributed by atoms with Crippen molar-refractivity contribution in [2.75, 3.05) is 38.2 Å². The first kappa shape index (κ1) is 17.4. The van der Waals surface area contributed by atoms with Gasteiger partial charge >= 0.3 is 6.18 Å². The number of benzene rings is 1. The molecule has 0 aromatic heterocycles. The minimum atomic E-state index is -4.33. The predicted octanol–water partition coefficient (Wildman–Crippen LogP) is 3.29. The van der Waals surface area contributed by atoms with Crippen molar-refractivity contribution >= 4 is 5.69 Å². The maximum absolute atomic E-state index is 12.4. The quantitative estimate of drug-likeness (QED) is 0.889. The molecule has 4 nitrogen and oxygen atoms in total. The Morgan fingerprint density at radius 3 is 2.58 bits per heavy atom. The van der Waals surface area contributed by atoms with Crippen molar-refractivity contribution in [3.05, 3.63) is 24.3 Å². The summed E-state index contributed by atoms with van der Waals surface area (Å²) in [4.78, 5) is 2.46. The van der Waals surface area contributed by atoms with Gasteiger partial charge in [0.1, 0.15) is 5.75 Å². The van der Waals surface area contributed by atoms with Gasteiger partial charge in [-0.05, 0) is 31.4 Å². The van der Waals surface area contributed by atoms with Crippen LogP contribution in [0.15, 0.2) is 24.3 Å². The molecule has 134 valence electrons. The summed E-state index contributed by atoms with van der Waals surface area (Å²) < 4.78 is 47.5. The Morgan fingerprint density at radius 1 is 1.17 bits per heavy atom. The molecule has 0 radical (unpaired) electrons. The summed E-state index contributed by atoms with van der Waals surface area (Å²) in [5.41, 5.74) is 0.629. The molecule has 2 saturated heterocycles. The smallest absolute Gasteiger partial charge is 0.422 e. The number of anilines is 1. The highest BCUT2D eigenvalue weighted by Gasteiger charge is 2.30. The molecule has 24 heavy (non-hydrogen) atoms. The summed E-state index contributed by atoms with van der Waals surface area (Å²) in [7, 11) is 0. The Hall–Kier alpha value is -1.47. The topological polar surface area (TPSA) is 33.7 Å². The Morgan fingerprint density at radius 2 is 1.92 bits per heavy atom. The summed E-state index contributed by atoms with van der Waals surface area (Å²) in [5.74, 6) is 0.251. The molecule has 7 heteroatoms. The van der Waals surface area contributed by atoms with Gasteiger partial charge < -0.3 is 14.8 Å². The Labute approximate surface area is 139 Å². The van der Waals surface area contributed by atoms with Crippen LogP contribution in [0.1, 0.15) is 19.3 Å². The fourth-order valence-electron chi connectivity index (χ4n) is 3.31. The van der Waals surface area contributed by atoms with Crippen molar-refractivity contribution in [3.8, 4) is 5.75 Å². The van der Waals surface area contributed by atoms with E-state index >= 15 is 0 Å². The number of hydrogen-bond acceptors (Lipinski definition) is 4. The first-order valence-electron chi connectivity index (χ1n) is 8.38. The van der Waals surface area contributed by atoms with Gasteiger partial charge in [0.25, 0.3) is 0 Å². The van der Waals surface area contributed by atoms with Gasteiger partial charge in [-0.3, -0.25) is 4.90 Å². The first-order valence-corrected chi connectivity index (χ1v) is 8.38. The van der Waals surface area contributed by atoms with E-state index in [1.54, 1.807) is 24.3 Å². The number of piperidine rings is 1. The average molecular weight is 344 g/mol. The molecule has 1 unspecified atom stereocenters. The number of alkyl halides is 3. The minimum absolute atomic E-state index is 0.249. The number of nitrogens with one attached hydrogen (secondary N) is 1. The van der Waals surface area contributed by atoms with Crippen molar-refractivity contribution in [1.29, 1.82) is 0 Å². The molecule has 1 aromatic carbocycles. The van der Waals surface area contributed by atoms with Crippen LogP contribution < -0.4 is 10.1 Å². The summed E-state index contributed by atoms with van der Waals surface area (Å²) in [6.07, 6.45) is -1.32. The molecule has 0 bridgehead atoms. The molecule has 0 saturated carbocycles. The second-order valence-electron chi connectivity index (χ2n) is 6.37. The second-order valence-corrected chi connectivity index (χ2v) is 6.37. The van der Waals surface area contributed by atoms with E-state index in [0.717, 1.165) is 45.6 Å². The van der Waals surface area contributed by atoms with Crippen LogP contribution in [0.5, 0.6) is 5.75 Å². The lowest BCUT2D eigenvalue weighted by molar-refractivity contribution is -0.153. The zero-order valence-corrected chi connectivity index (χ0v) is 13.5. The Kier molecular flexibility index (Phi) is 5.50. The van der Waals surface area contributed by atoms with Crippen LogP contribution >= 0.6 is 0 Å². The van der Waals surface area contributed by atoms with Crippen LogP contribution in [0.25, 0.3) is 0 Å². The molecule has 2 fully saturated rings. The van der Waals surface area contributed by atoms with Crippen molar-refractivity contribution in [1.82, 2.24) is 4.90 Å². The average Bonchev–Trinajstić information content (AvgIpc) is 3.08. The van der Waals surface area contributed by atoms with E-state index in [4.69, 9.17) is 9.47 Å². The number of halogens is 3. The molecule has 0 spiro atoms. The third kappa shape index (κ3) is 4.77. The summed E-state index contributed by atoms with van der Waals surface area (Å²) in [5, 5.41) is 3.35. The largest absolute Gasteiger partial charge is 0.482 e. The number of rotatable bonds is 5. The molecule has 1 N–H and O–H groups in total. The lowest BCUT2D eigenvalue weighted by Crippen LogP contribution is -2.44. The van der Waals surface area contributed by atoms with Crippen LogP contribution in [0.4, 0.5) is 18.9 Å². The molecule has 3 rings (SSSR count). The fourth-order valence-corrected chi connectivity index (χ4v) is 3.31. The van der Waals surface area contributed by atoms with Crippen LogP contribution in [0.2, 0.25) is 0 Å². The molecule has 1 atom stereocenters. The highest BCUT2D eigenvalue weighted by Crippen LogP contribution is 2.29. The number of hydrogen-bond donors (Lipinski definition) is 1. The molecular formula is C17H23F3N2O2. The SMILES string of the molecule is FC(F)(F)COc1ccccc1NC1CCN(C2CCOC2)CC1. The van der Waals surface area contributed by atoms with E-state index in [1.165, 1.54) is 0 Å². The van der Waals surface area contributed by atoms with Crippen LogP contribution in [0.3, 0.4) is 0 Å². The normalized spacial score (nSPS) is 23.4. The van der Waals surface area contributed by atoms with Crippen LogP contribution in [-0.4, -0.2) is 56.1 Å². The van der Waals surface area contributed by atoms with Gasteiger partial charge in [0.15, 0.2) is 6.61 Å². The molecule has 0 amide bonds. The lowest BCUT2D eigenvalue weighted by atomic mass is 10.0. The molecule has 2 aliphatic heterocycles. The fraction of sp³-hybridized carbons (Fsp3) is 0.647. The van der Waals surface area contributed by atoms with Crippen LogP contribution in [-0.2, 0) is 4.74 Å². The maximum Gasteiger partial charge on any atom is 0.422 e. The predicted molar refractivity (Wildman–Crippen MR) is 85.4 cm³/mol. The van der Waals surface area contributed by atoms with E-state index in [-0.39, 0.29) is 11.8 Å². The van der Waals surface area contributed by atoms with Crippen LogP contribution in [0, 0.1) is 0 Å². The Balaban J connectivity index is 1.53. The monoisotopic (exact) mass is 344 g/mol. The number of ether oxygens (including phenoxy) is 2. The zero-order chi connectivity index (χ0) is 17.0. The van der Waals surface area contributed by atoms with Gasteiger partial charge in [-0.1, -0.05) is 12.1 Å². The molecular weight excluding hydrogens is 321 g/mol. The van der Waals surface area contributed by atoms with Crippen molar-refractivity contribution in [3.63, 3.8) is 0 Å². The van der Waals surface area contributed by atoms with E-state index in [9.17, 15) is 13.2 Å². The summed E-state index contributed by atoms with van der Waals surface area (Å²) >= 11 is 0. The zero-order valence-electron chi connectivity index (χ0n) is 13.5. The minimum Gasteiger partial charge on any atom is -0.482 e. The molecule has 2 aliphatic rings. The van der Waals surface area contributed by atoms with Gasteiger partial charge in [0.05, 0.1) is 12.3 Å². The van der Waals surface area contributed by atoms with Gasteiger partial charge in [0, 0.05) is 31.8 Å². The molecule has 0 aliphatic carbocycles. The van der Waals surface area contributed by atoms with Gasteiger partial charge in [-0.15, -0.1) is 0 Å². The standard InChI is InChI=1S/C17H23F3N2O2/c18-17(19,20)12-24-16-4-2-1-3-15(16)21-13-5-8-22(9-6-13)14-7-10-23-11-14/h1-4,13-14,21H,5-12H2. The summed E-state index contributed by atoms with van der Waals surface area (Å²) in [6.45, 7) is 2.35. The third-order valence-electron chi connectivity index (χ3n) is 4.59. The van der Waals surface area contributed by atoms with E-state index < -0.39 is 12.8 Å².